The highest BCUT2D eigenvalue weighted by Crippen LogP contribution is 2.24. The Morgan fingerprint density at radius 2 is 1.56 bits per heavy atom. The minimum absolute atomic E-state index is 0.0272. The molecule has 2 heterocycles. The Bertz CT molecular complexity index is 1020. The highest BCUT2D eigenvalue weighted by Gasteiger charge is 2.22. The SMILES string of the molecule is Cc1ccc2nc(CNC(=O)C(c3ccccc3)c3ccccc3)cn2c1. The maximum atomic E-state index is 13.0. The average Bonchev–Trinajstić information content (AvgIpc) is 3.10. The number of hydrogen-bond donors (Lipinski definition) is 1. The van der Waals surface area contributed by atoms with Crippen molar-refractivity contribution in [2.45, 2.75) is 19.4 Å². The van der Waals surface area contributed by atoms with Gasteiger partial charge in [0, 0.05) is 12.4 Å². The number of fused-ring (bicyclic) bond motifs is 1. The number of nitrogens with one attached hydrogen (secondary N) is 1. The van der Waals surface area contributed by atoms with Gasteiger partial charge in [-0.3, -0.25) is 4.79 Å². The lowest BCUT2D eigenvalue weighted by atomic mass is 9.90. The van der Waals surface area contributed by atoms with Crippen LogP contribution in [0.2, 0.25) is 0 Å². The molecule has 2 aromatic heterocycles. The van der Waals surface area contributed by atoms with E-state index in [0.29, 0.717) is 6.54 Å². The van der Waals surface area contributed by atoms with Crippen LogP contribution in [0.25, 0.3) is 5.65 Å². The monoisotopic (exact) mass is 355 g/mol. The van der Waals surface area contributed by atoms with Crippen LogP contribution >= 0.6 is 0 Å². The third-order valence-electron chi connectivity index (χ3n) is 4.62. The smallest absolute Gasteiger partial charge is 0.232 e. The van der Waals surface area contributed by atoms with Crippen LogP contribution in [0.3, 0.4) is 0 Å². The van der Waals surface area contributed by atoms with E-state index >= 15 is 0 Å². The van der Waals surface area contributed by atoms with Gasteiger partial charge in [0.25, 0.3) is 0 Å². The molecular formula is C23H21N3O. The van der Waals surface area contributed by atoms with Crippen molar-refractivity contribution in [1.82, 2.24) is 14.7 Å². The lowest BCUT2D eigenvalue weighted by molar-refractivity contribution is -0.121. The van der Waals surface area contributed by atoms with Gasteiger partial charge >= 0.3 is 0 Å². The second-order valence-electron chi connectivity index (χ2n) is 6.68. The predicted octanol–water partition coefficient (Wildman–Crippen LogP) is 4.09. The number of nitrogens with zero attached hydrogens (tertiary/aromatic N) is 2. The number of aromatic nitrogens is 2. The van der Waals surface area contributed by atoms with E-state index < -0.39 is 0 Å². The van der Waals surface area contributed by atoms with Crippen molar-refractivity contribution < 1.29 is 4.79 Å². The minimum atomic E-state index is -0.341. The largest absolute Gasteiger partial charge is 0.350 e. The van der Waals surface area contributed by atoms with E-state index in [4.69, 9.17) is 0 Å². The summed E-state index contributed by atoms with van der Waals surface area (Å²) in [4.78, 5) is 17.6. The van der Waals surface area contributed by atoms with Crippen LogP contribution in [0.1, 0.15) is 28.3 Å². The van der Waals surface area contributed by atoms with Crippen molar-refractivity contribution in [3.63, 3.8) is 0 Å². The Balaban J connectivity index is 1.56. The molecule has 0 spiro atoms. The van der Waals surface area contributed by atoms with E-state index in [1.165, 1.54) is 5.56 Å². The summed E-state index contributed by atoms with van der Waals surface area (Å²) in [6.07, 6.45) is 3.99. The third-order valence-corrected chi connectivity index (χ3v) is 4.62. The van der Waals surface area contributed by atoms with Crippen molar-refractivity contribution in [3.05, 3.63) is 108 Å². The van der Waals surface area contributed by atoms with Crippen LogP contribution < -0.4 is 5.32 Å². The summed E-state index contributed by atoms with van der Waals surface area (Å²) >= 11 is 0. The van der Waals surface area contributed by atoms with Crippen LogP contribution in [0.15, 0.2) is 85.2 Å². The van der Waals surface area contributed by atoms with E-state index in [1.807, 2.05) is 96.5 Å². The topological polar surface area (TPSA) is 46.4 Å². The molecule has 0 unspecified atom stereocenters. The summed E-state index contributed by atoms with van der Waals surface area (Å²) in [5.74, 6) is -0.368. The molecule has 0 atom stereocenters. The molecule has 0 bridgehead atoms. The highest BCUT2D eigenvalue weighted by molar-refractivity contribution is 5.87. The number of amides is 1. The Kier molecular flexibility index (Phi) is 4.71. The molecule has 0 aliphatic rings. The van der Waals surface area contributed by atoms with Crippen molar-refractivity contribution >= 4 is 11.6 Å². The first-order chi connectivity index (χ1) is 13.2. The molecule has 134 valence electrons. The normalized spacial score (nSPS) is 11.0. The summed E-state index contributed by atoms with van der Waals surface area (Å²) in [5, 5.41) is 3.06. The molecule has 4 nitrogen and oxygen atoms in total. The highest BCUT2D eigenvalue weighted by atomic mass is 16.1. The number of carbonyl (C=O) groups is 1. The number of benzene rings is 2. The first-order valence-electron chi connectivity index (χ1n) is 9.02. The van der Waals surface area contributed by atoms with Crippen LogP contribution in [-0.2, 0) is 11.3 Å². The first-order valence-corrected chi connectivity index (χ1v) is 9.02. The molecule has 27 heavy (non-hydrogen) atoms. The van der Waals surface area contributed by atoms with Gasteiger partial charge < -0.3 is 9.72 Å². The van der Waals surface area contributed by atoms with E-state index in [0.717, 1.165) is 22.5 Å². The molecule has 0 aliphatic heterocycles. The summed E-state index contributed by atoms with van der Waals surface area (Å²) in [7, 11) is 0. The van der Waals surface area contributed by atoms with Crippen LogP contribution in [-0.4, -0.2) is 15.3 Å². The molecule has 1 amide bonds. The van der Waals surface area contributed by atoms with Crippen LogP contribution in [0.5, 0.6) is 0 Å². The van der Waals surface area contributed by atoms with E-state index in [1.54, 1.807) is 0 Å². The Hall–Kier alpha value is -3.40. The lowest BCUT2D eigenvalue weighted by Gasteiger charge is -2.17. The third kappa shape index (κ3) is 3.75. The second kappa shape index (κ2) is 7.46. The number of imidazole rings is 1. The van der Waals surface area contributed by atoms with Gasteiger partial charge in [0.05, 0.1) is 18.2 Å². The minimum Gasteiger partial charge on any atom is -0.350 e. The first kappa shape index (κ1) is 17.0. The molecule has 1 N–H and O–H groups in total. The van der Waals surface area contributed by atoms with Gasteiger partial charge in [0.1, 0.15) is 5.65 Å². The molecule has 0 saturated carbocycles. The van der Waals surface area contributed by atoms with Gasteiger partial charge in [0.2, 0.25) is 5.91 Å². The Morgan fingerprint density at radius 1 is 0.926 bits per heavy atom. The molecule has 0 saturated heterocycles. The molecule has 4 heteroatoms. The average molecular weight is 355 g/mol. The maximum absolute atomic E-state index is 13.0. The van der Waals surface area contributed by atoms with E-state index in [2.05, 4.69) is 10.3 Å². The van der Waals surface area contributed by atoms with Crippen LogP contribution in [0.4, 0.5) is 0 Å². The fourth-order valence-electron chi connectivity index (χ4n) is 3.31. The van der Waals surface area contributed by atoms with Gasteiger partial charge in [-0.15, -0.1) is 0 Å². The Labute approximate surface area is 158 Å². The fourth-order valence-corrected chi connectivity index (χ4v) is 3.31. The van der Waals surface area contributed by atoms with Gasteiger partial charge in [-0.25, -0.2) is 4.98 Å². The molecule has 0 fully saturated rings. The fraction of sp³-hybridized carbons (Fsp3) is 0.130. The predicted molar refractivity (Wildman–Crippen MR) is 107 cm³/mol. The lowest BCUT2D eigenvalue weighted by Crippen LogP contribution is -2.29. The molecule has 0 aliphatic carbocycles. The number of rotatable bonds is 5. The summed E-state index contributed by atoms with van der Waals surface area (Å²) in [5.41, 5.74) is 4.85. The number of pyridine rings is 1. The van der Waals surface area contributed by atoms with Gasteiger partial charge in [-0.2, -0.15) is 0 Å². The molecule has 4 aromatic rings. The van der Waals surface area contributed by atoms with E-state index in [-0.39, 0.29) is 11.8 Å². The van der Waals surface area contributed by atoms with Crippen molar-refractivity contribution in [2.75, 3.05) is 0 Å². The summed E-state index contributed by atoms with van der Waals surface area (Å²) in [6, 6.07) is 23.7. The number of aryl methyl sites for hydroxylation is 1. The zero-order chi connectivity index (χ0) is 18.6. The second-order valence-corrected chi connectivity index (χ2v) is 6.68. The molecule has 4 rings (SSSR count). The van der Waals surface area contributed by atoms with Gasteiger partial charge in [-0.1, -0.05) is 66.7 Å². The summed E-state index contributed by atoms with van der Waals surface area (Å²) < 4.78 is 1.99. The standard InChI is InChI=1S/C23H21N3O/c1-17-12-13-21-25-20(16-26(21)15-17)14-24-23(27)22(18-8-4-2-5-9-18)19-10-6-3-7-11-19/h2-13,15-16,22H,14H2,1H3,(H,24,27). The maximum Gasteiger partial charge on any atom is 0.232 e. The van der Waals surface area contributed by atoms with Crippen molar-refractivity contribution in [3.8, 4) is 0 Å². The van der Waals surface area contributed by atoms with Gasteiger partial charge in [-0.05, 0) is 29.7 Å². The van der Waals surface area contributed by atoms with Crippen molar-refractivity contribution in [2.24, 2.45) is 0 Å². The van der Waals surface area contributed by atoms with E-state index in [9.17, 15) is 4.79 Å². The zero-order valence-electron chi connectivity index (χ0n) is 15.2. The van der Waals surface area contributed by atoms with Crippen LogP contribution in [0, 0.1) is 6.92 Å². The molecule has 0 radical (unpaired) electrons. The Morgan fingerprint density at radius 3 is 2.19 bits per heavy atom. The van der Waals surface area contributed by atoms with Gasteiger partial charge in [0.15, 0.2) is 0 Å². The zero-order valence-corrected chi connectivity index (χ0v) is 15.2. The number of hydrogen-bond acceptors (Lipinski definition) is 2. The number of carbonyl (C=O) groups excluding carboxylic acids is 1. The molecular weight excluding hydrogens is 334 g/mol. The summed E-state index contributed by atoms with van der Waals surface area (Å²) in [6.45, 7) is 2.45. The quantitative estimate of drug-likeness (QED) is 0.586. The molecule has 2 aromatic carbocycles. The van der Waals surface area contributed by atoms with Crippen molar-refractivity contribution in [1.29, 1.82) is 0 Å².